The minimum absolute atomic E-state index is 0.0309. The fourth-order valence-corrected chi connectivity index (χ4v) is 4.77. The Bertz CT molecular complexity index is 884. The Labute approximate surface area is 153 Å². The van der Waals surface area contributed by atoms with Crippen molar-refractivity contribution in [3.63, 3.8) is 0 Å². The highest BCUT2D eigenvalue weighted by molar-refractivity contribution is 5.72. The number of benzene rings is 1. The van der Waals surface area contributed by atoms with Gasteiger partial charge in [0.2, 0.25) is 0 Å². The van der Waals surface area contributed by atoms with E-state index in [0.29, 0.717) is 17.2 Å². The highest BCUT2D eigenvalue weighted by Crippen LogP contribution is 2.51. The molecule has 2 heterocycles. The van der Waals surface area contributed by atoms with Gasteiger partial charge in [0, 0.05) is 17.4 Å². The van der Waals surface area contributed by atoms with Gasteiger partial charge in [-0.25, -0.2) is 0 Å². The maximum atomic E-state index is 12.9. The molecule has 0 saturated heterocycles. The van der Waals surface area contributed by atoms with Gasteiger partial charge in [0.05, 0.1) is 11.8 Å². The summed E-state index contributed by atoms with van der Waals surface area (Å²) in [6.07, 6.45) is 8.89. The van der Waals surface area contributed by atoms with Gasteiger partial charge in [-0.3, -0.25) is 4.79 Å². The van der Waals surface area contributed by atoms with E-state index in [1.807, 2.05) is 43.3 Å². The van der Waals surface area contributed by atoms with Crippen molar-refractivity contribution in [3.8, 4) is 16.9 Å². The molecule has 1 aliphatic heterocycles. The third kappa shape index (κ3) is 2.64. The lowest BCUT2D eigenvalue weighted by molar-refractivity contribution is 0.0738. The maximum Gasteiger partial charge on any atom is 0.290 e. The van der Waals surface area contributed by atoms with E-state index in [1.54, 1.807) is 0 Å². The first-order valence-electron chi connectivity index (χ1n) is 9.45. The molecule has 4 rings (SSSR count). The molecule has 0 bridgehead atoms. The van der Waals surface area contributed by atoms with Gasteiger partial charge in [0.15, 0.2) is 0 Å². The zero-order chi connectivity index (χ0) is 18.3. The van der Waals surface area contributed by atoms with Crippen LogP contribution in [-0.4, -0.2) is 16.0 Å². The number of rotatable bonds is 2. The van der Waals surface area contributed by atoms with Crippen LogP contribution >= 0.6 is 0 Å². The molecule has 0 amide bonds. The Hall–Kier alpha value is -2.49. The van der Waals surface area contributed by atoms with Crippen LogP contribution in [0.1, 0.15) is 44.6 Å². The van der Waals surface area contributed by atoms with Crippen molar-refractivity contribution in [1.29, 1.82) is 0 Å². The van der Waals surface area contributed by atoms with E-state index in [1.165, 1.54) is 6.20 Å². The summed E-state index contributed by atoms with van der Waals surface area (Å²) in [6, 6.07) is 9.81. The molecule has 1 fully saturated rings. The summed E-state index contributed by atoms with van der Waals surface area (Å²) in [5.41, 5.74) is 2.01. The summed E-state index contributed by atoms with van der Waals surface area (Å²) in [7, 11) is 0. The van der Waals surface area contributed by atoms with Crippen molar-refractivity contribution in [3.05, 3.63) is 64.6 Å². The quantitative estimate of drug-likeness (QED) is 0.635. The number of ether oxygens (including phenoxy) is 1. The number of hydrogen-bond acceptors (Lipinski definition) is 3. The number of nitrogens with zero attached hydrogens (tertiary/aromatic N) is 1. The first kappa shape index (κ1) is 17.0. The Morgan fingerprint density at radius 2 is 2.00 bits per heavy atom. The average Bonchev–Trinajstić information content (AvgIpc) is 2.66. The third-order valence-corrected chi connectivity index (χ3v) is 5.93. The fourth-order valence-electron chi connectivity index (χ4n) is 4.77. The summed E-state index contributed by atoms with van der Waals surface area (Å²) >= 11 is 0. The molecule has 1 aliphatic carbocycles. The van der Waals surface area contributed by atoms with Gasteiger partial charge in [0.25, 0.3) is 5.56 Å². The molecule has 26 heavy (non-hydrogen) atoms. The van der Waals surface area contributed by atoms with Crippen LogP contribution in [0, 0.1) is 11.8 Å². The number of fused-ring (bicyclic) bond motifs is 3. The van der Waals surface area contributed by atoms with Crippen LogP contribution in [0.5, 0.6) is 5.75 Å². The minimum atomic E-state index is -0.345. The van der Waals surface area contributed by atoms with Gasteiger partial charge < -0.3 is 9.94 Å². The first-order chi connectivity index (χ1) is 12.6. The Morgan fingerprint density at radius 1 is 1.23 bits per heavy atom. The van der Waals surface area contributed by atoms with Gasteiger partial charge in [-0.15, -0.1) is 0 Å². The summed E-state index contributed by atoms with van der Waals surface area (Å²) in [5.74, 6) is 1.43. The molecule has 4 atom stereocenters. The van der Waals surface area contributed by atoms with Crippen LogP contribution in [0.2, 0.25) is 0 Å². The molecule has 1 aromatic heterocycles. The molecule has 1 aromatic carbocycles. The van der Waals surface area contributed by atoms with Crippen molar-refractivity contribution >= 4 is 0 Å². The topological polar surface area (TPSA) is 51.5 Å². The summed E-state index contributed by atoms with van der Waals surface area (Å²) in [5, 5.41) is 10.3. The first-order valence-corrected chi connectivity index (χ1v) is 9.45. The SMILES string of the molecule is CC=C[C@@H]1Oc2c(-c3ccccc3)cn(O)c(=O)c2[C@H]2[C@H]1CCC[C@H]2C. The summed E-state index contributed by atoms with van der Waals surface area (Å²) in [6.45, 7) is 4.22. The molecular formula is C22H25NO3. The van der Waals surface area contributed by atoms with E-state index < -0.39 is 0 Å². The van der Waals surface area contributed by atoms with Crippen LogP contribution in [0.3, 0.4) is 0 Å². The second-order valence-corrected chi connectivity index (χ2v) is 7.51. The monoisotopic (exact) mass is 351 g/mol. The minimum Gasteiger partial charge on any atom is -0.485 e. The van der Waals surface area contributed by atoms with Crippen molar-refractivity contribution in [2.45, 2.75) is 45.1 Å². The largest absolute Gasteiger partial charge is 0.485 e. The molecule has 1 saturated carbocycles. The van der Waals surface area contributed by atoms with Gasteiger partial charge in [0.1, 0.15) is 11.9 Å². The van der Waals surface area contributed by atoms with Crippen molar-refractivity contribution in [2.75, 3.05) is 0 Å². The molecule has 0 radical (unpaired) electrons. The standard InChI is InChI=1S/C22H25NO3/c1-3-8-18-16-12-7-9-14(2)19(16)20-21(26-18)17(13-23(25)22(20)24)15-10-5-4-6-11-15/h3-6,8,10-11,13-14,16,18-19,25H,7,9,12H2,1-2H3/t14-,16+,18+,19-/m1/s1. The smallest absolute Gasteiger partial charge is 0.290 e. The lowest BCUT2D eigenvalue weighted by Gasteiger charge is -2.44. The van der Waals surface area contributed by atoms with Gasteiger partial charge in [-0.1, -0.05) is 56.2 Å². The molecular weight excluding hydrogens is 326 g/mol. The van der Waals surface area contributed by atoms with Crippen LogP contribution in [0.25, 0.3) is 11.1 Å². The van der Waals surface area contributed by atoms with Gasteiger partial charge in [-0.05, 0) is 30.9 Å². The molecule has 0 spiro atoms. The van der Waals surface area contributed by atoms with Gasteiger partial charge in [-0.2, -0.15) is 4.73 Å². The van der Waals surface area contributed by atoms with E-state index in [2.05, 4.69) is 13.0 Å². The normalized spacial score (nSPS) is 27.6. The molecule has 1 N–H and O–H groups in total. The number of allylic oxidation sites excluding steroid dienone is 1. The molecule has 136 valence electrons. The number of aromatic nitrogens is 1. The Balaban J connectivity index is 1.97. The lowest BCUT2D eigenvalue weighted by Crippen LogP contribution is -2.43. The van der Waals surface area contributed by atoms with Crippen LogP contribution in [0.4, 0.5) is 0 Å². The van der Waals surface area contributed by atoms with E-state index in [9.17, 15) is 10.0 Å². The molecule has 2 aliphatic rings. The third-order valence-electron chi connectivity index (χ3n) is 5.93. The molecule has 4 nitrogen and oxygen atoms in total. The van der Waals surface area contributed by atoms with Gasteiger partial charge >= 0.3 is 0 Å². The lowest BCUT2D eigenvalue weighted by atomic mass is 9.66. The zero-order valence-electron chi connectivity index (χ0n) is 15.3. The second-order valence-electron chi connectivity index (χ2n) is 7.51. The second kappa shape index (κ2) is 6.67. The maximum absolute atomic E-state index is 12.9. The highest BCUT2D eigenvalue weighted by Gasteiger charge is 2.44. The molecule has 0 unspecified atom stereocenters. The van der Waals surface area contributed by atoms with E-state index in [0.717, 1.165) is 35.1 Å². The van der Waals surface area contributed by atoms with Crippen molar-refractivity contribution < 1.29 is 9.94 Å². The Morgan fingerprint density at radius 3 is 2.73 bits per heavy atom. The average molecular weight is 351 g/mol. The van der Waals surface area contributed by atoms with E-state index in [4.69, 9.17) is 4.74 Å². The summed E-state index contributed by atoms with van der Waals surface area (Å²) in [4.78, 5) is 12.9. The van der Waals surface area contributed by atoms with Crippen LogP contribution in [0.15, 0.2) is 53.5 Å². The number of hydrogen-bond donors (Lipinski definition) is 1. The molecule has 2 aromatic rings. The summed E-state index contributed by atoms with van der Waals surface area (Å²) < 4.78 is 7.14. The zero-order valence-corrected chi connectivity index (χ0v) is 15.3. The highest BCUT2D eigenvalue weighted by atomic mass is 16.5. The Kier molecular flexibility index (Phi) is 4.35. The van der Waals surface area contributed by atoms with Crippen LogP contribution < -0.4 is 10.3 Å². The fraction of sp³-hybridized carbons (Fsp3) is 0.409. The predicted molar refractivity (Wildman–Crippen MR) is 102 cm³/mol. The van der Waals surface area contributed by atoms with E-state index >= 15 is 0 Å². The van der Waals surface area contributed by atoms with Crippen LogP contribution in [-0.2, 0) is 0 Å². The van der Waals surface area contributed by atoms with Crippen molar-refractivity contribution in [1.82, 2.24) is 4.73 Å². The van der Waals surface area contributed by atoms with Crippen molar-refractivity contribution in [2.24, 2.45) is 11.8 Å². The predicted octanol–water partition coefficient (Wildman–Crippen LogP) is 4.61. The van der Waals surface area contributed by atoms with E-state index in [-0.39, 0.29) is 23.5 Å². The number of pyridine rings is 1. The molecule has 4 heteroatoms.